The molecule has 2 aliphatic carbocycles. The number of hydrogen-bond donors (Lipinski definition) is 1. The zero-order chi connectivity index (χ0) is 31.5. The van der Waals surface area contributed by atoms with Gasteiger partial charge in [-0.15, -0.1) is 0 Å². The van der Waals surface area contributed by atoms with E-state index in [1.807, 2.05) is 6.92 Å². The number of Topliss-reactive ketones (excluding diaryl/α,β-unsaturated/α-hetero) is 1. The van der Waals surface area contributed by atoms with Gasteiger partial charge in [-0.25, -0.2) is 0 Å². The van der Waals surface area contributed by atoms with Gasteiger partial charge in [0.2, 0.25) is 0 Å². The molecule has 1 unspecified atom stereocenters. The molecule has 0 aliphatic heterocycles. The van der Waals surface area contributed by atoms with Gasteiger partial charge < -0.3 is 5.11 Å². The molecule has 0 fully saturated rings. The second-order valence-electron chi connectivity index (χ2n) is 14.4. The molecule has 2 rings (SSSR count). The first kappa shape index (κ1) is 35.7. The van der Waals surface area contributed by atoms with Crippen LogP contribution in [0.1, 0.15) is 127 Å². The highest BCUT2D eigenvalue weighted by atomic mass is 16.3. The number of rotatable bonds is 13. The lowest BCUT2D eigenvalue weighted by atomic mass is 9.71. The largest absolute Gasteiger partial charge is 0.393 e. The fourth-order valence-electron chi connectivity index (χ4n) is 6.45. The Morgan fingerprint density at radius 2 is 1.50 bits per heavy atom. The highest BCUT2D eigenvalue weighted by molar-refractivity contribution is 5.97. The van der Waals surface area contributed by atoms with Crippen molar-refractivity contribution >= 4 is 5.78 Å². The van der Waals surface area contributed by atoms with Crippen LogP contribution in [0.3, 0.4) is 0 Å². The lowest BCUT2D eigenvalue weighted by molar-refractivity contribution is -0.116. The predicted molar refractivity (Wildman–Crippen MR) is 183 cm³/mol. The predicted octanol–water partition coefficient (Wildman–Crippen LogP) is 11.3. The van der Waals surface area contributed by atoms with E-state index in [1.165, 1.54) is 52.7 Å². The van der Waals surface area contributed by atoms with Gasteiger partial charge in [0.05, 0.1) is 6.10 Å². The van der Waals surface area contributed by atoms with E-state index in [1.54, 1.807) is 0 Å². The normalized spacial score (nSPS) is 23.3. The summed E-state index contributed by atoms with van der Waals surface area (Å²) in [7, 11) is 0. The van der Waals surface area contributed by atoms with Crippen molar-refractivity contribution in [1.82, 2.24) is 0 Å². The van der Waals surface area contributed by atoms with E-state index in [9.17, 15) is 9.90 Å². The van der Waals surface area contributed by atoms with Crippen molar-refractivity contribution in [1.29, 1.82) is 0 Å². The summed E-state index contributed by atoms with van der Waals surface area (Å²) in [6, 6.07) is 0. The lowest BCUT2D eigenvalue weighted by Gasteiger charge is -2.35. The van der Waals surface area contributed by atoms with Gasteiger partial charge in [-0.2, -0.15) is 0 Å². The number of carbonyl (C=O) groups is 1. The number of carbonyl (C=O) groups excluding carboxylic acids is 1. The maximum Gasteiger partial charge on any atom is 0.158 e. The third-order valence-electron chi connectivity index (χ3n) is 9.24. The molecule has 232 valence electrons. The van der Waals surface area contributed by atoms with Crippen molar-refractivity contribution in [3.8, 4) is 0 Å². The fourth-order valence-corrected chi connectivity index (χ4v) is 6.45. The molecule has 0 radical (unpaired) electrons. The Labute approximate surface area is 258 Å². The van der Waals surface area contributed by atoms with Gasteiger partial charge in [0.15, 0.2) is 5.78 Å². The molecule has 0 bridgehead atoms. The maximum atomic E-state index is 12.2. The van der Waals surface area contributed by atoms with E-state index in [2.05, 4.69) is 117 Å². The number of aliphatic hydroxyl groups excluding tert-OH is 1. The van der Waals surface area contributed by atoms with Crippen LogP contribution < -0.4 is 0 Å². The van der Waals surface area contributed by atoms with Crippen LogP contribution in [-0.2, 0) is 4.79 Å². The van der Waals surface area contributed by atoms with Gasteiger partial charge in [0, 0.05) is 6.42 Å². The van der Waals surface area contributed by atoms with Crippen molar-refractivity contribution in [2.75, 3.05) is 0 Å². The summed E-state index contributed by atoms with van der Waals surface area (Å²) < 4.78 is 0. The molecule has 0 aromatic heterocycles. The van der Waals surface area contributed by atoms with Crippen LogP contribution in [0.25, 0.3) is 0 Å². The van der Waals surface area contributed by atoms with Crippen molar-refractivity contribution in [3.63, 3.8) is 0 Å². The van der Waals surface area contributed by atoms with Crippen LogP contribution in [0.4, 0.5) is 0 Å². The molecule has 2 aliphatic rings. The molecular weight excluding hydrogens is 512 g/mol. The van der Waals surface area contributed by atoms with Gasteiger partial charge >= 0.3 is 0 Å². The minimum Gasteiger partial charge on any atom is -0.393 e. The second-order valence-corrected chi connectivity index (χ2v) is 14.4. The molecule has 0 spiro atoms. The summed E-state index contributed by atoms with van der Waals surface area (Å²) in [6.07, 6.45) is 29.0. The molecule has 0 amide bonds. The molecule has 1 N–H and O–H groups in total. The van der Waals surface area contributed by atoms with Gasteiger partial charge in [-0.1, -0.05) is 118 Å². The third kappa shape index (κ3) is 11.7. The zero-order valence-corrected chi connectivity index (χ0v) is 28.6. The van der Waals surface area contributed by atoms with Gasteiger partial charge in [-0.3, -0.25) is 4.79 Å². The van der Waals surface area contributed by atoms with Gasteiger partial charge in [-0.05, 0) is 113 Å². The Balaban J connectivity index is 1.75. The molecule has 2 heteroatoms. The van der Waals surface area contributed by atoms with Crippen molar-refractivity contribution < 1.29 is 9.90 Å². The molecule has 2 atom stereocenters. The van der Waals surface area contributed by atoms with E-state index < -0.39 is 0 Å². The Kier molecular flexibility index (Phi) is 14.0. The summed E-state index contributed by atoms with van der Waals surface area (Å²) in [5, 5.41) is 10.1. The summed E-state index contributed by atoms with van der Waals surface area (Å²) in [5.41, 5.74) is 8.74. The van der Waals surface area contributed by atoms with Crippen LogP contribution >= 0.6 is 0 Å². The van der Waals surface area contributed by atoms with Crippen LogP contribution in [0.15, 0.2) is 93.7 Å². The number of hydrogen-bond acceptors (Lipinski definition) is 2. The van der Waals surface area contributed by atoms with Crippen LogP contribution in [0.2, 0.25) is 0 Å². The minimum atomic E-state index is -0.217. The summed E-state index contributed by atoms with van der Waals surface area (Å²) in [6.45, 7) is 22.0. The fraction of sp³-hybridized carbons (Fsp3) is 0.575. The topological polar surface area (TPSA) is 37.3 Å². The van der Waals surface area contributed by atoms with Gasteiger partial charge in [0.1, 0.15) is 0 Å². The van der Waals surface area contributed by atoms with Crippen LogP contribution in [0.5, 0.6) is 0 Å². The Hall–Kier alpha value is -2.45. The average molecular weight is 573 g/mol. The zero-order valence-electron chi connectivity index (χ0n) is 28.6. The van der Waals surface area contributed by atoms with E-state index in [0.717, 1.165) is 43.6 Å². The number of ketones is 1. The molecule has 0 aromatic carbocycles. The van der Waals surface area contributed by atoms with Crippen LogP contribution in [-0.4, -0.2) is 17.0 Å². The van der Waals surface area contributed by atoms with E-state index >= 15 is 0 Å². The van der Waals surface area contributed by atoms with Crippen molar-refractivity contribution in [3.05, 3.63) is 93.7 Å². The Morgan fingerprint density at radius 1 is 0.881 bits per heavy atom. The summed E-state index contributed by atoms with van der Waals surface area (Å²) >= 11 is 0. The number of unbranched alkanes of at least 4 members (excludes halogenated alkanes) is 1. The maximum absolute atomic E-state index is 12.2. The molecule has 0 aromatic rings. The Morgan fingerprint density at radius 3 is 2.19 bits per heavy atom. The second kappa shape index (κ2) is 16.4. The van der Waals surface area contributed by atoms with E-state index in [-0.39, 0.29) is 16.9 Å². The first-order valence-electron chi connectivity index (χ1n) is 16.3. The third-order valence-corrected chi connectivity index (χ3v) is 9.24. The average Bonchev–Trinajstić information content (AvgIpc) is 2.87. The van der Waals surface area contributed by atoms with Crippen molar-refractivity contribution in [2.45, 2.75) is 133 Å². The molecular formula is C40H60O2. The Bertz CT molecular complexity index is 1190. The minimum absolute atomic E-state index is 0.0189. The smallest absolute Gasteiger partial charge is 0.158 e. The standard InChI is InChI=1S/C40H60O2/c1-29(17-13-19-31(3)21-23-36-33(5)27-35(41)28-40(36,9)10)15-11-12-16-30(2)18-14-20-32(4)22-24-37-34(6)38(42)25-26-39(37,7)8/h13,15,17,19-24,30,35,41H,11-12,14,16,18,25-28H2,1-10H3/b17-13+,23-21+,24-22-,29-15+,31-19-,32-20+/t30?,35-/m1/s1. The van der Waals surface area contributed by atoms with E-state index in [4.69, 9.17) is 0 Å². The van der Waals surface area contributed by atoms with E-state index in [0.29, 0.717) is 12.2 Å². The SMILES string of the molecule is CC1=C(/C=C/C(C)=C\C=C\C(C)=C\CCCC(C)CC/C=C(C)/C=C\C2=C(C)C(=O)CCC2(C)C)C(C)(C)C[C@H](O)C1. The highest BCUT2D eigenvalue weighted by Crippen LogP contribution is 2.41. The lowest BCUT2D eigenvalue weighted by Crippen LogP contribution is -2.28. The summed E-state index contributed by atoms with van der Waals surface area (Å²) in [5.74, 6) is 1.02. The molecule has 0 saturated carbocycles. The number of allylic oxidation sites excluding steroid dienone is 15. The molecule has 42 heavy (non-hydrogen) atoms. The first-order valence-corrected chi connectivity index (χ1v) is 16.3. The van der Waals surface area contributed by atoms with Crippen molar-refractivity contribution in [2.24, 2.45) is 16.7 Å². The highest BCUT2D eigenvalue weighted by Gasteiger charge is 2.32. The first-order chi connectivity index (χ1) is 19.6. The van der Waals surface area contributed by atoms with Crippen LogP contribution in [0, 0.1) is 16.7 Å². The monoisotopic (exact) mass is 572 g/mol. The summed E-state index contributed by atoms with van der Waals surface area (Å²) in [4.78, 5) is 12.2. The van der Waals surface area contributed by atoms with Gasteiger partial charge in [0.25, 0.3) is 0 Å². The molecule has 0 heterocycles. The molecule has 0 saturated heterocycles. The molecule has 2 nitrogen and oxygen atoms in total. The number of aliphatic hydroxyl groups is 1. The quantitative estimate of drug-likeness (QED) is 0.176.